The quantitative estimate of drug-likeness (QED) is 0.742. The van der Waals surface area contributed by atoms with E-state index in [0.29, 0.717) is 6.42 Å². The Morgan fingerprint density at radius 3 is 3.15 bits per heavy atom. The molecule has 4 heteroatoms. The Morgan fingerprint density at radius 1 is 1.69 bits per heavy atom. The second kappa shape index (κ2) is 6.40. The van der Waals surface area contributed by atoms with Gasteiger partial charge < -0.3 is 5.11 Å². The first kappa shape index (κ1) is 11.0. The Morgan fingerprint density at radius 2 is 2.54 bits per heavy atom. The summed E-state index contributed by atoms with van der Waals surface area (Å²) in [7, 11) is 0. The fourth-order valence-electron chi connectivity index (χ4n) is 1.02. The van der Waals surface area contributed by atoms with Crippen LogP contribution in [0.25, 0.3) is 0 Å². The van der Waals surface area contributed by atoms with E-state index in [0.717, 1.165) is 22.9 Å². The van der Waals surface area contributed by atoms with Crippen LogP contribution in [0.4, 0.5) is 0 Å². The van der Waals surface area contributed by atoms with Gasteiger partial charge in [-0.3, -0.25) is 0 Å². The van der Waals surface area contributed by atoms with Gasteiger partial charge in [0.1, 0.15) is 0 Å². The average molecular weight is 217 g/mol. The van der Waals surface area contributed by atoms with Crippen LogP contribution in [0.3, 0.4) is 0 Å². The third kappa shape index (κ3) is 4.64. The maximum absolute atomic E-state index is 9.60. The van der Waals surface area contributed by atoms with Crippen molar-refractivity contribution in [1.82, 2.24) is 4.98 Å². The molecule has 74 valence electrons. The van der Waals surface area contributed by atoms with Crippen LogP contribution in [-0.2, 0) is 6.42 Å². The molecule has 0 aliphatic rings. The molecule has 0 saturated heterocycles. The molecule has 1 heterocycles. The van der Waals surface area contributed by atoms with E-state index < -0.39 is 0 Å². The maximum atomic E-state index is 9.60. The van der Waals surface area contributed by atoms with E-state index in [-0.39, 0.29) is 6.10 Å². The van der Waals surface area contributed by atoms with Crippen molar-refractivity contribution in [3.05, 3.63) is 16.6 Å². The molecule has 1 atom stereocenters. The molecule has 0 aliphatic carbocycles. The molecule has 0 fully saturated rings. The topological polar surface area (TPSA) is 33.1 Å². The van der Waals surface area contributed by atoms with Crippen LogP contribution in [0.15, 0.2) is 11.6 Å². The van der Waals surface area contributed by atoms with E-state index in [1.807, 2.05) is 17.1 Å². The van der Waals surface area contributed by atoms with Gasteiger partial charge >= 0.3 is 0 Å². The summed E-state index contributed by atoms with van der Waals surface area (Å²) in [5, 5.41) is 12.6. The molecular weight excluding hydrogens is 202 g/mol. The second-order valence-corrected chi connectivity index (χ2v) is 5.14. The van der Waals surface area contributed by atoms with E-state index in [4.69, 9.17) is 0 Å². The van der Waals surface area contributed by atoms with E-state index in [1.165, 1.54) is 0 Å². The fraction of sp³-hybridized carbons (Fsp3) is 0.667. The molecule has 2 nitrogen and oxygen atoms in total. The highest BCUT2D eigenvalue weighted by Gasteiger charge is 2.06. The zero-order valence-electron chi connectivity index (χ0n) is 7.77. The number of aliphatic hydroxyl groups excluding tert-OH is 1. The van der Waals surface area contributed by atoms with Crippen molar-refractivity contribution in [2.75, 3.05) is 11.5 Å². The average Bonchev–Trinajstić information content (AvgIpc) is 2.57. The van der Waals surface area contributed by atoms with Crippen LogP contribution in [-0.4, -0.2) is 27.7 Å². The van der Waals surface area contributed by atoms with Crippen molar-refractivity contribution < 1.29 is 5.11 Å². The van der Waals surface area contributed by atoms with Gasteiger partial charge in [-0.15, -0.1) is 11.3 Å². The molecule has 0 saturated carbocycles. The number of nitrogens with zero attached hydrogens (tertiary/aromatic N) is 1. The predicted octanol–water partition coefficient (Wildman–Crippen LogP) is 2.19. The molecule has 0 aromatic carbocycles. The molecule has 1 aromatic heterocycles. The zero-order valence-corrected chi connectivity index (χ0v) is 9.40. The highest BCUT2D eigenvalue weighted by molar-refractivity contribution is 7.99. The summed E-state index contributed by atoms with van der Waals surface area (Å²) in [5.41, 5.74) is 0. The van der Waals surface area contributed by atoms with Crippen LogP contribution >= 0.6 is 23.1 Å². The minimum Gasteiger partial charge on any atom is -0.393 e. The molecule has 0 bridgehead atoms. The van der Waals surface area contributed by atoms with Gasteiger partial charge in [-0.1, -0.05) is 6.92 Å². The number of rotatable bonds is 6. The molecule has 0 spiro atoms. The first-order chi connectivity index (χ1) is 6.33. The molecule has 0 radical (unpaired) electrons. The molecule has 1 rings (SSSR count). The maximum Gasteiger partial charge on any atom is 0.0950 e. The van der Waals surface area contributed by atoms with Gasteiger partial charge in [-0.05, 0) is 17.9 Å². The van der Waals surface area contributed by atoms with Gasteiger partial charge in [-0.2, -0.15) is 11.8 Å². The normalized spacial score (nSPS) is 13.1. The standard InChI is InChI=1S/C9H15NOS2/c1-2-12-5-3-8(11)7-9-10-4-6-13-9/h4,6,8,11H,2-3,5,7H2,1H3. The third-order valence-electron chi connectivity index (χ3n) is 1.69. The highest BCUT2D eigenvalue weighted by Crippen LogP contribution is 2.11. The van der Waals surface area contributed by atoms with E-state index in [2.05, 4.69) is 11.9 Å². The first-order valence-electron chi connectivity index (χ1n) is 4.47. The summed E-state index contributed by atoms with van der Waals surface area (Å²) >= 11 is 3.48. The zero-order chi connectivity index (χ0) is 9.52. The Bertz CT molecular complexity index is 213. The minimum atomic E-state index is -0.217. The summed E-state index contributed by atoms with van der Waals surface area (Å²) in [5.74, 6) is 2.17. The Kier molecular flexibility index (Phi) is 5.43. The Balaban J connectivity index is 2.14. The van der Waals surface area contributed by atoms with Gasteiger partial charge in [0.15, 0.2) is 0 Å². The molecule has 13 heavy (non-hydrogen) atoms. The number of thiazole rings is 1. The summed E-state index contributed by atoms with van der Waals surface area (Å²) < 4.78 is 0. The lowest BCUT2D eigenvalue weighted by Gasteiger charge is -2.07. The number of thioether (sulfide) groups is 1. The predicted molar refractivity (Wildman–Crippen MR) is 59.4 cm³/mol. The molecular formula is C9H15NOS2. The van der Waals surface area contributed by atoms with Crippen LogP contribution < -0.4 is 0 Å². The van der Waals surface area contributed by atoms with Gasteiger partial charge in [-0.25, -0.2) is 4.98 Å². The van der Waals surface area contributed by atoms with E-state index in [9.17, 15) is 5.11 Å². The first-order valence-corrected chi connectivity index (χ1v) is 6.50. The third-order valence-corrected chi connectivity index (χ3v) is 3.43. The SMILES string of the molecule is CCSCCC(O)Cc1nccs1. The summed E-state index contributed by atoms with van der Waals surface area (Å²) in [4.78, 5) is 4.14. The van der Waals surface area contributed by atoms with Crippen molar-refractivity contribution in [2.24, 2.45) is 0 Å². The van der Waals surface area contributed by atoms with Crippen molar-refractivity contribution in [3.63, 3.8) is 0 Å². The lowest BCUT2D eigenvalue weighted by atomic mass is 10.2. The smallest absolute Gasteiger partial charge is 0.0950 e. The van der Waals surface area contributed by atoms with Gasteiger partial charge in [0, 0.05) is 18.0 Å². The van der Waals surface area contributed by atoms with E-state index >= 15 is 0 Å². The van der Waals surface area contributed by atoms with Gasteiger partial charge in [0.25, 0.3) is 0 Å². The molecule has 1 N–H and O–H groups in total. The van der Waals surface area contributed by atoms with Crippen LogP contribution in [0, 0.1) is 0 Å². The highest BCUT2D eigenvalue weighted by atomic mass is 32.2. The summed E-state index contributed by atoms with van der Waals surface area (Å²) in [6.45, 7) is 2.14. The van der Waals surface area contributed by atoms with Crippen molar-refractivity contribution in [3.8, 4) is 0 Å². The Labute approximate surface area is 87.4 Å². The number of hydrogen-bond donors (Lipinski definition) is 1. The molecule has 0 amide bonds. The van der Waals surface area contributed by atoms with Crippen molar-refractivity contribution in [2.45, 2.75) is 25.9 Å². The summed E-state index contributed by atoms with van der Waals surface area (Å²) in [6.07, 6.45) is 3.15. The largest absolute Gasteiger partial charge is 0.393 e. The second-order valence-electron chi connectivity index (χ2n) is 2.77. The van der Waals surface area contributed by atoms with E-state index in [1.54, 1.807) is 17.5 Å². The molecule has 1 aromatic rings. The summed E-state index contributed by atoms with van der Waals surface area (Å²) in [6, 6.07) is 0. The molecule has 1 unspecified atom stereocenters. The van der Waals surface area contributed by atoms with Crippen molar-refractivity contribution in [1.29, 1.82) is 0 Å². The van der Waals surface area contributed by atoms with Crippen LogP contribution in [0.1, 0.15) is 18.4 Å². The lowest BCUT2D eigenvalue weighted by molar-refractivity contribution is 0.172. The van der Waals surface area contributed by atoms with Gasteiger partial charge in [0.2, 0.25) is 0 Å². The lowest BCUT2D eigenvalue weighted by Crippen LogP contribution is -2.11. The number of aromatic nitrogens is 1. The number of hydrogen-bond acceptors (Lipinski definition) is 4. The van der Waals surface area contributed by atoms with Crippen LogP contribution in [0.5, 0.6) is 0 Å². The molecule has 0 aliphatic heterocycles. The van der Waals surface area contributed by atoms with Crippen molar-refractivity contribution >= 4 is 23.1 Å². The van der Waals surface area contributed by atoms with Crippen LogP contribution in [0.2, 0.25) is 0 Å². The monoisotopic (exact) mass is 217 g/mol. The Hall–Kier alpha value is -0.0600. The minimum absolute atomic E-state index is 0.217. The van der Waals surface area contributed by atoms with Gasteiger partial charge in [0.05, 0.1) is 11.1 Å². The number of aliphatic hydroxyl groups is 1. The fourth-order valence-corrected chi connectivity index (χ4v) is 2.44.